The molecule has 0 aliphatic heterocycles. The van der Waals surface area contributed by atoms with Crippen molar-refractivity contribution >= 4 is 5.65 Å². The Hall–Kier alpha value is -0.276. The molecule has 2 heterocycles. The van der Waals surface area contributed by atoms with Gasteiger partial charge in [-0.1, -0.05) is 26.0 Å². The summed E-state index contributed by atoms with van der Waals surface area (Å²) in [4.78, 5) is 4.09. The third kappa shape index (κ3) is 2.15. The Kier molecular flexibility index (Phi) is 3.57. The van der Waals surface area contributed by atoms with Gasteiger partial charge in [0.15, 0.2) is 0 Å². The minimum Gasteiger partial charge on any atom is -0.258 e. The zero-order valence-corrected chi connectivity index (χ0v) is 10.6. The van der Waals surface area contributed by atoms with E-state index in [-0.39, 0.29) is 32.7 Å². The van der Waals surface area contributed by atoms with E-state index >= 15 is 0 Å². The van der Waals surface area contributed by atoms with Crippen molar-refractivity contribution in [1.29, 1.82) is 0 Å². The molecule has 4 heteroatoms. The number of hydrogen-bond acceptors (Lipinski definition) is 2. The second-order valence-corrected chi connectivity index (χ2v) is 3.09. The van der Waals surface area contributed by atoms with Gasteiger partial charge in [0.1, 0.15) is 6.33 Å². The first-order valence-corrected chi connectivity index (χ1v) is 3.98. The molecule has 65 valence electrons. The summed E-state index contributed by atoms with van der Waals surface area (Å²) in [6.07, 6.45) is 3.37. The maximum absolute atomic E-state index is 4.09. The Morgan fingerprint density at radius 1 is 1.46 bits per heavy atom. The maximum Gasteiger partial charge on any atom is 0.136 e. The van der Waals surface area contributed by atoms with Crippen molar-refractivity contribution in [3.8, 4) is 0 Å². The third-order valence-corrected chi connectivity index (χ3v) is 1.86. The Balaban J connectivity index is 0.000000845. The molecule has 0 aliphatic carbocycles. The molecule has 0 aromatic carbocycles. The summed E-state index contributed by atoms with van der Waals surface area (Å²) in [5, 5.41) is 3.99. The quantitative estimate of drug-likeness (QED) is 0.719. The molecule has 0 amide bonds. The van der Waals surface area contributed by atoms with Crippen LogP contribution < -0.4 is 0 Å². The number of nitrogens with zero attached hydrogens (tertiary/aromatic N) is 3. The Bertz CT molecular complexity index is 394. The molecule has 0 bridgehead atoms. The van der Waals surface area contributed by atoms with E-state index in [2.05, 4.69) is 30.0 Å². The van der Waals surface area contributed by atoms with E-state index in [0.29, 0.717) is 5.92 Å². The minimum atomic E-state index is 0. The van der Waals surface area contributed by atoms with Gasteiger partial charge in [-0.15, -0.1) is 0 Å². The number of fused-ring (bicyclic) bond motifs is 1. The van der Waals surface area contributed by atoms with E-state index in [0.717, 1.165) is 5.65 Å². The molecule has 13 heavy (non-hydrogen) atoms. The summed E-state index contributed by atoms with van der Waals surface area (Å²) in [6, 6.07) is 5.17. The van der Waals surface area contributed by atoms with Crippen LogP contribution in [0.5, 0.6) is 0 Å². The van der Waals surface area contributed by atoms with Gasteiger partial charge in [-0.2, -0.15) is 11.2 Å². The summed E-state index contributed by atoms with van der Waals surface area (Å²) in [5.41, 5.74) is 2.06. The van der Waals surface area contributed by atoms with E-state index in [1.165, 1.54) is 5.56 Å². The van der Waals surface area contributed by atoms with Crippen LogP contribution in [0.3, 0.4) is 0 Å². The zero-order valence-electron chi connectivity index (χ0n) is 7.73. The van der Waals surface area contributed by atoms with Gasteiger partial charge in [0.2, 0.25) is 0 Å². The zero-order chi connectivity index (χ0) is 8.55. The number of hydrogen-bond donors (Lipinski definition) is 0. The number of rotatable bonds is 1. The summed E-state index contributed by atoms with van der Waals surface area (Å²) in [5.74, 6) is 0.492. The van der Waals surface area contributed by atoms with Crippen LogP contribution in [0.4, 0.5) is 0 Å². The molecule has 2 aromatic rings. The Labute approximate surface area is 102 Å². The van der Waals surface area contributed by atoms with Crippen molar-refractivity contribution in [3.63, 3.8) is 0 Å². The first-order chi connectivity index (χ1) is 5.77. The van der Waals surface area contributed by atoms with E-state index in [1.54, 1.807) is 10.8 Å². The molecule has 0 aliphatic rings. The molecular formula is C9H10N3Y-. The van der Waals surface area contributed by atoms with Crippen LogP contribution in [0.2, 0.25) is 0 Å². The fourth-order valence-corrected chi connectivity index (χ4v) is 1.11. The second kappa shape index (κ2) is 4.29. The number of aromatic nitrogens is 3. The van der Waals surface area contributed by atoms with Crippen LogP contribution >= 0.6 is 0 Å². The van der Waals surface area contributed by atoms with E-state index < -0.39 is 0 Å². The van der Waals surface area contributed by atoms with Crippen LogP contribution in [-0.2, 0) is 32.7 Å². The smallest absolute Gasteiger partial charge is 0.136 e. The van der Waals surface area contributed by atoms with Gasteiger partial charge < -0.3 is 0 Å². The molecule has 1 radical (unpaired) electrons. The minimum absolute atomic E-state index is 0. The Morgan fingerprint density at radius 2 is 2.23 bits per heavy atom. The van der Waals surface area contributed by atoms with Crippen molar-refractivity contribution in [3.05, 3.63) is 30.2 Å². The van der Waals surface area contributed by atoms with Gasteiger partial charge in [0.25, 0.3) is 0 Å². The van der Waals surface area contributed by atoms with Crippen LogP contribution in [-0.4, -0.2) is 14.6 Å². The van der Waals surface area contributed by atoms with E-state index in [4.69, 9.17) is 0 Å². The van der Waals surface area contributed by atoms with Crippen molar-refractivity contribution in [2.45, 2.75) is 19.8 Å². The molecule has 0 spiro atoms. The van der Waals surface area contributed by atoms with Gasteiger partial charge in [0, 0.05) is 32.7 Å². The molecule has 0 atom stereocenters. The number of pyridine rings is 1. The molecule has 2 aromatic heterocycles. The first kappa shape index (κ1) is 10.8. The van der Waals surface area contributed by atoms with E-state index in [9.17, 15) is 0 Å². The molecule has 0 saturated heterocycles. The SMILES string of the molecule is CC(C)c1[c-]cn2ncnc2c1.[Y]. The average Bonchev–Trinajstić information content (AvgIpc) is 2.49. The van der Waals surface area contributed by atoms with Crippen LogP contribution in [0.1, 0.15) is 25.3 Å². The summed E-state index contributed by atoms with van der Waals surface area (Å²) < 4.78 is 1.71. The van der Waals surface area contributed by atoms with E-state index in [1.807, 2.05) is 12.3 Å². The second-order valence-electron chi connectivity index (χ2n) is 3.09. The monoisotopic (exact) mass is 249 g/mol. The molecule has 0 fully saturated rings. The van der Waals surface area contributed by atoms with Gasteiger partial charge in [-0.25, -0.2) is 16.6 Å². The topological polar surface area (TPSA) is 30.2 Å². The van der Waals surface area contributed by atoms with Crippen LogP contribution in [0, 0.1) is 6.07 Å². The molecule has 0 saturated carbocycles. The van der Waals surface area contributed by atoms with Gasteiger partial charge in [0.05, 0.1) is 5.65 Å². The maximum atomic E-state index is 4.09. The van der Waals surface area contributed by atoms with Crippen molar-refractivity contribution in [2.24, 2.45) is 0 Å². The van der Waals surface area contributed by atoms with Gasteiger partial charge in [-0.3, -0.25) is 4.52 Å². The first-order valence-electron chi connectivity index (χ1n) is 3.98. The largest absolute Gasteiger partial charge is 0.258 e. The van der Waals surface area contributed by atoms with Crippen molar-refractivity contribution in [2.75, 3.05) is 0 Å². The standard InChI is InChI=1S/C9H10N3.Y/c1-7(2)8-3-4-12-9(5-8)10-6-11-12;/h4-7H,1-2H3;/q-1;. The molecule has 0 N–H and O–H groups in total. The predicted octanol–water partition coefficient (Wildman–Crippen LogP) is 1.65. The normalized spacial score (nSPS) is 10.4. The van der Waals surface area contributed by atoms with Crippen LogP contribution in [0.25, 0.3) is 5.65 Å². The van der Waals surface area contributed by atoms with Crippen molar-refractivity contribution < 1.29 is 32.7 Å². The molecule has 0 unspecified atom stereocenters. The third-order valence-electron chi connectivity index (χ3n) is 1.86. The molecule has 3 nitrogen and oxygen atoms in total. The molecule has 2 rings (SSSR count). The fraction of sp³-hybridized carbons (Fsp3) is 0.333. The van der Waals surface area contributed by atoms with Crippen LogP contribution in [0.15, 0.2) is 18.6 Å². The van der Waals surface area contributed by atoms with Gasteiger partial charge >= 0.3 is 0 Å². The summed E-state index contributed by atoms with van der Waals surface area (Å²) >= 11 is 0. The average molecular weight is 249 g/mol. The van der Waals surface area contributed by atoms with Gasteiger partial charge in [-0.05, 0) is 0 Å². The van der Waals surface area contributed by atoms with Crippen molar-refractivity contribution in [1.82, 2.24) is 14.6 Å². The Morgan fingerprint density at radius 3 is 2.92 bits per heavy atom. The predicted molar refractivity (Wildman–Crippen MR) is 45.9 cm³/mol. The molecular weight excluding hydrogens is 239 g/mol. The summed E-state index contributed by atoms with van der Waals surface area (Å²) in [7, 11) is 0. The summed E-state index contributed by atoms with van der Waals surface area (Å²) in [6.45, 7) is 4.28. The fourth-order valence-electron chi connectivity index (χ4n) is 1.11.